The van der Waals surface area contributed by atoms with Crippen LogP contribution in [0.1, 0.15) is 47.4 Å². The van der Waals surface area contributed by atoms with Gasteiger partial charge < -0.3 is 4.90 Å². The molecule has 1 nitrogen and oxygen atoms in total. The van der Waals surface area contributed by atoms with E-state index < -0.39 is 0 Å². The van der Waals surface area contributed by atoms with Crippen LogP contribution in [0.15, 0.2) is 48.5 Å². The molecule has 2 aliphatic rings. The van der Waals surface area contributed by atoms with E-state index in [2.05, 4.69) is 67.5 Å². The van der Waals surface area contributed by atoms with Crippen molar-refractivity contribution in [3.05, 3.63) is 70.8 Å². The summed E-state index contributed by atoms with van der Waals surface area (Å²) in [6, 6.07) is 18.3. The molecular weight excluding hydrogens is 290 g/mol. The normalized spacial score (nSPS) is 24.0. The number of rotatable bonds is 4. The molecule has 0 aromatic heterocycles. The molecule has 0 amide bonds. The van der Waals surface area contributed by atoms with Crippen LogP contribution >= 0.6 is 12.4 Å². The Morgan fingerprint density at radius 1 is 0.955 bits per heavy atom. The summed E-state index contributed by atoms with van der Waals surface area (Å²) in [5.41, 5.74) is 6.66. The molecule has 116 valence electrons. The third kappa shape index (κ3) is 2.11. The molecule has 0 fully saturated rings. The van der Waals surface area contributed by atoms with Gasteiger partial charge in [-0.15, -0.1) is 12.4 Å². The Bertz CT molecular complexity index is 629. The van der Waals surface area contributed by atoms with E-state index in [1.165, 1.54) is 25.8 Å². The molecule has 2 aromatic carbocycles. The van der Waals surface area contributed by atoms with Crippen molar-refractivity contribution in [2.45, 2.75) is 30.6 Å². The number of fused-ring (bicyclic) bond motifs is 8. The summed E-state index contributed by atoms with van der Waals surface area (Å²) in [7, 11) is 4.34. The van der Waals surface area contributed by atoms with Crippen molar-refractivity contribution >= 4 is 12.4 Å². The maximum atomic E-state index is 2.38. The zero-order valence-electron chi connectivity index (χ0n) is 13.4. The predicted molar refractivity (Wildman–Crippen MR) is 95.2 cm³/mol. The van der Waals surface area contributed by atoms with E-state index in [1.807, 2.05) is 0 Å². The van der Waals surface area contributed by atoms with Gasteiger partial charge in [0, 0.05) is 11.3 Å². The summed E-state index contributed by atoms with van der Waals surface area (Å²) in [4.78, 5) is 2.30. The van der Waals surface area contributed by atoms with Gasteiger partial charge in [0.05, 0.1) is 0 Å². The van der Waals surface area contributed by atoms with Crippen LogP contribution in [0.3, 0.4) is 0 Å². The monoisotopic (exact) mass is 313 g/mol. The molecule has 2 bridgehead atoms. The van der Waals surface area contributed by atoms with Gasteiger partial charge in [0.15, 0.2) is 0 Å². The van der Waals surface area contributed by atoms with Crippen molar-refractivity contribution in [3.63, 3.8) is 0 Å². The van der Waals surface area contributed by atoms with Crippen molar-refractivity contribution in [2.24, 2.45) is 0 Å². The number of nitrogens with zero attached hydrogens (tertiary/aromatic N) is 1. The second-order valence-electron chi connectivity index (χ2n) is 6.92. The van der Waals surface area contributed by atoms with E-state index in [1.54, 1.807) is 22.3 Å². The summed E-state index contributed by atoms with van der Waals surface area (Å²) < 4.78 is 0. The van der Waals surface area contributed by atoms with Gasteiger partial charge in [-0.25, -0.2) is 0 Å². The molecule has 0 radical (unpaired) electrons. The van der Waals surface area contributed by atoms with Crippen LogP contribution < -0.4 is 0 Å². The lowest BCUT2D eigenvalue weighted by Gasteiger charge is -2.32. The van der Waals surface area contributed by atoms with E-state index in [0.29, 0.717) is 5.92 Å². The van der Waals surface area contributed by atoms with Crippen LogP contribution in [0.4, 0.5) is 0 Å². The van der Waals surface area contributed by atoms with Crippen molar-refractivity contribution in [1.82, 2.24) is 4.90 Å². The summed E-state index contributed by atoms with van der Waals surface area (Å²) in [6.45, 7) is 1.18. The third-order valence-corrected chi connectivity index (χ3v) is 5.47. The Balaban J connectivity index is 0.00000144. The van der Waals surface area contributed by atoms with Gasteiger partial charge in [-0.05, 0) is 62.2 Å². The highest BCUT2D eigenvalue weighted by atomic mass is 35.5. The topological polar surface area (TPSA) is 3.24 Å². The van der Waals surface area contributed by atoms with Gasteiger partial charge in [0.25, 0.3) is 0 Å². The highest BCUT2D eigenvalue weighted by molar-refractivity contribution is 5.85. The molecule has 2 heteroatoms. The fourth-order valence-corrected chi connectivity index (χ4v) is 4.64. The Hall–Kier alpha value is -1.31. The molecular formula is C20H24ClN. The maximum absolute atomic E-state index is 2.38. The van der Waals surface area contributed by atoms with Crippen LogP contribution in [0.25, 0.3) is 0 Å². The standard InChI is InChI=1S/C20H23N.ClH/c1-21(2)13-7-12-20-14-17(15-8-3-5-10-18(15)20)16-9-4-6-11-19(16)20;/h3-6,8-11,17H,7,12-14H2,1-2H3;1H. The summed E-state index contributed by atoms with van der Waals surface area (Å²) >= 11 is 0. The smallest absolute Gasteiger partial charge is 0.0218 e. The SMILES string of the molecule is CN(C)CCCC12CC(c3ccccc31)c1ccccc12.Cl. The Morgan fingerprint density at radius 2 is 1.50 bits per heavy atom. The molecule has 0 saturated carbocycles. The van der Waals surface area contributed by atoms with Crippen LogP contribution in [-0.2, 0) is 5.41 Å². The molecule has 4 rings (SSSR count). The van der Waals surface area contributed by atoms with Gasteiger partial charge in [0.1, 0.15) is 0 Å². The highest BCUT2D eigenvalue weighted by Gasteiger charge is 2.51. The first-order valence-corrected chi connectivity index (χ1v) is 8.06. The first kappa shape index (κ1) is 15.6. The summed E-state index contributed by atoms with van der Waals surface area (Å²) in [5, 5.41) is 0. The third-order valence-electron chi connectivity index (χ3n) is 5.47. The second-order valence-corrected chi connectivity index (χ2v) is 6.92. The van der Waals surface area contributed by atoms with E-state index in [-0.39, 0.29) is 17.8 Å². The van der Waals surface area contributed by atoms with Crippen molar-refractivity contribution in [2.75, 3.05) is 20.6 Å². The lowest BCUT2D eigenvalue weighted by molar-refractivity contribution is 0.363. The highest BCUT2D eigenvalue weighted by Crippen LogP contribution is 2.61. The van der Waals surface area contributed by atoms with Gasteiger partial charge in [-0.1, -0.05) is 48.5 Å². The Kier molecular flexibility index (Phi) is 4.05. The van der Waals surface area contributed by atoms with E-state index in [4.69, 9.17) is 0 Å². The minimum atomic E-state index is 0. The first-order chi connectivity index (χ1) is 10.2. The van der Waals surface area contributed by atoms with Crippen molar-refractivity contribution in [1.29, 1.82) is 0 Å². The van der Waals surface area contributed by atoms with Gasteiger partial charge in [-0.3, -0.25) is 0 Å². The average Bonchev–Trinajstić information content (AvgIpc) is 3.00. The zero-order valence-corrected chi connectivity index (χ0v) is 14.2. The molecule has 0 aliphatic heterocycles. The Labute approximate surface area is 139 Å². The fraction of sp³-hybridized carbons (Fsp3) is 0.400. The minimum Gasteiger partial charge on any atom is -0.309 e. The van der Waals surface area contributed by atoms with Gasteiger partial charge in [-0.2, -0.15) is 0 Å². The molecule has 0 saturated heterocycles. The molecule has 22 heavy (non-hydrogen) atoms. The Morgan fingerprint density at radius 3 is 2.05 bits per heavy atom. The average molecular weight is 314 g/mol. The number of benzene rings is 2. The zero-order chi connectivity index (χ0) is 14.4. The number of halogens is 1. The summed E-state index contributed by atoms with van der Waals surface area (Å²) in [6.07, 6.45) is 3.83. The lowest BCUT2D eigenvalue weighted by atomic mass is 9.72. The number of hydrogen-bond donors (Lipinski definition) is 0. The van der Waals surface area contributed by atoms with Crippen LogP contribution in [0.2, 0.25) is 0 Å². The number of hydrogen-bond acceptors (Lipinski definition) is 1. The molecule has 0 spiro atoms. The van der Waals surface area contributed by atoms with Crippen molar-refractivity contribution in [3.8, 4) is 0 Å². The quantitative estimate of drug-likeness (QED) is 0.798. The molecule has 0 atom stereocenters. The largest absolute Gasteiger partial charge is 0.309 e. The molecule has 0 heterocycles. The second kappa shape index (κ2) is 5.72. The maximum Gasteiger partial charge on any atom is 0.0218 e. The first-order valence-electron chi connectivity index (χ1n) is 8.06. The van der Waals surface area contributed by atoms with E-state index in [9.17, 15) is 0 Å². The minimum absolute atomic E-state index is 0. The molecule has 2 aromatic rings. The van der Waals surface area contributed by atoms with Gasteiger partial charge in [0.2, 0.25) is 0 Å². The van der Waals surface area contributed by atoms with Crippen molar-refractivity contribution < 1.29 is 0 Å². The van der Waals surface area contributed by atoms with Crippen LogP contribution in [0.5, 0.6) is 0 Å². The molecule has 0 unspecified atom stereocenters. The lowest BCUT2D eigenvalue weighted by Crippen LogP contribution is -2.25. The molecule has 2 aliphatic carbocycles. The van der Waals surface area contributed by atoms with Crippen LogP contribution in [0, 0.1) is 0 Å². The van der Waals surface area contributed by atoms with Gasteiger partial charge >= 0.3 is 0 Å². The predicted octanol–water partition coefficient (Wildman–Crippen LogP) is 4.59. The summed E-state index contributed by atoms with van der Waals surface area (Å²) in [5.74, 6) is 0.636. The van der Waals surface area contributed by atoms with Crippen LogP contribution in [-0.4, -0.2) is 25.5 Å². The van der Waals surface area contributed by atoms with E-state index >= 15 is 0 Å². The molecule has 0 N–H and O–H groups in total. The van der Waals surface area contributed by atoms with E-state index in [0.717, 1.165) is 0 Å². The fourth-order valence-electron chi connectivity index (χ4n) is 4.64.